The summed E-state index contributed by atoms with van der Waals surface area (Å²) in [4.78, 5) is 2.53. The molecular formula is C15H26N4. The molecule has 2 heterocycles. The summed E-state index contributed by atoms with van der Waals surface area (Å²) in [6.07, 6.45) is 8.74. The smallest absolute Gasteiger partial charge is 0.0765 e. The largest absolute Gasteiger partial charge is 0.330 e. The predicted octanol–water partition coefficient (Wildman–Crippen LogP) is 2.17. The monoisotopic (exact) mass is 262 g/mol. The molecule has 3 rings (SSSR count). The van der Waals surface area contributed by atoms with Crippen LogP contribution in [0.5, 0.6) is 0 Å². The summed E-state index contributed by atoms with van der Waals surface area (Å²) in [5.41, 5.74) is 7.01. The van der Waals surface area contributed by atoms with Crippen LogP contribution in [0.25, 0.3) is 0 Å². The standard InChI is InChI=1S/C15H26N4/c1-12-8-13(9-16)10-18(12)11-14-6-7-19(17-14)15-4-2-3-5-15/h6-7,12-13,15H,2-5,8-11,16H2,1H3. The van der Waals surface area contributed by atoms with Gasteiger partial charge >= 0.3 is 0 Å². The van der Waals surface area contributed by atoms with Crippen LogP contribution in [0.4, 0.5) is 0 Å². The Balaban J connectivity index is 1.60. The van der Waals surface area contributed by atoms with Crippen molar-refractivity contribution in [2.75, 3.05) is 13.1 Å². The number of hydrogen-bond donors (Lipinski definition) is 1. The minimum absolute atomic E-state index is 0.644. The van der Waals surface area contributed by atoms with Crippen molar-refractivity contribution < 1.29 is 0 Å². The number of likely N-dealkylation sites (tertiary alicyclic amines) is 1. The van der Waals surface area contributed by atoms with Gasteiger partial charge in [0, 0.05) is 25.3 Å². The Morgan fingerprint density at radius 2 is 2.16 bits per heavy atom. The summed E-state index contributed by atoms with van der Waals surface area (Å²) in [5.74, 6) is 0.673. The van der Waals surface area contributed by atoms with Crippen molar-refractivity contribution >= 4 is 0 Å². The van der Waals surface area contributed by atoms with Crippen LogP contribution in [0.1, 0.15) is 50.8 Å². The maximum absolute atomic E-state index is 5.79. The molecule has 0 aromatic carbocycles. The molecule has 1 saturated heterocycles. The molecule has 2 unspecified atom stereocenters. The highest BCUT2D eigenvalue weighted by Crippen LogP contribution is 2.29. The topological polar surface area (TPSA) is 47.1 Å². The third-order valence-electron chi connectivity index (χ3n) is 4.85. The van der Waals surface area contributed by atoms with Crippen LogP contribution in [0.3, 0.4) is 0 Å². The zero-order valence-electron chi connectivity index (χ0n) is 12.0. The van der Waals surface area contributed by atoms with Gasteiger partial charge in [-0.05, 0) is 44.7 Å². The highest BCUT2D eigenvalue weighted by atomic mass is 15.3. The van der Waals surface area contributed by atoms with E-state index in [2.05, 4.69) is 28.8 Å². The minimum Gasteiger partial charge on any atom is -0.330 e. The van der Waals surface area contributed by atoms with Crippen molar-refractivity contribution in [3.8, 4) is 0 Å². The van der Waals surface area contributed by atoms with Gasteiger partial charge in [-0.2, -0.15) is 5.10 Å². The molecule has 2 atom stereocenters. The van der Waals surface area contributed by atoms with E-state index >= 15 is 0 Å². The van der Waals surface area contributed by atoms with E-state index in [1.54, 1.807) is 0 Å². The van der Waals surface area contributed by atoms with Crippen LogP contribution in [0.2, 0.25) is 0 Å². The molecule has 4 nitrogen and oxygen atoms in total. The van der Waals surface area contributed by atoms with Gasteiger partial charge in [-0.15, -0.1) is 0 Å². The lowest BCUT2D eigenvalue weighted by atomic mass is 10.1. The summed E-state index contributed by atoms with van der Waals surface area (Å²) < 4.78 is 2.20. The SMILES string of the molecule is CC1CC(CN)CN1Cc1ccn(C2CCCC2)n1. The fourth-order valence-corrected chi connectivity index (χ4v) is 3.65. The van der Waals surface area contributed by atoms with Gasteiger partial charge in [-0.3, -0.25) is 9.58 Å². The first-order chi connectivity index (χ1) is 9.26. The van der Waals surface area contributed by atoms with Gasteiger partial charge < -0.3 is 5.73 Å². The Morgan fingerprint density at radius 3 is 2.84 bits per heavy atom. The van der Waals surface area contributed by atoms with Crippen molar-refractivity contribution in [1.82, 2.24) is 14.7 Å². The number of rotatable bonds is 4. The van der Waals surface area contributed by atoms with E-state index in [-0.39, 0.29) is 0 Å². The molecular weight excluding hydrogens is 236 g/mol. The van der Waals surface area contributed by atoms with Crippen LogP contribution < -0.4 is 5.73 Å². The van der Waals surface area contributed by atoms with Crippen molar-refractivity contribution in [1.29, 1.82) is 0 Å². The second-order valence-corrected chi connectivity index (χ2v) is 6.34. The Hall–Kier alpha value is -0.870. The molecule has 19 heavy (non-hydrogen) atoms. The fourth-order valence-electron chi connectivity index (χ4n) is 3.65. The summed E-state index contributed by atoms with van der Waals surface area (Å²) >= 11 is 0. The lowest BCUT2D eigenvalue weighted by Crippen LogP contribution is -2.27. The summed E-state index contributed by atoms with van der Waals surface area (Å²) in [6.45, 7) is 5.24. The molecule has 1 aliphatic carbocycles. The average molecular weight is 262 g/mol. The molecule has 0 spiro atoms. The molecule has 106 valence electrons. The summed E-state index contributed by atoms with van der Waals surface area (Å²) in [7, 11) is 0. The summed E-state index contributed by atoms with van der Waals surface area (Å²) in [5, 5.41) is 4.78. The maximum Gasteiger partial charge on any atom is 0.0765 e. The van der Waals surface area contributed by atoms with Gasteiger partial charge in [0.1, 0.15) is 0 Å². The van der Waals surface area contributed by atoms with Crippen LogP contribution in [0, 0.1) is 5.92 Å². The van der Waals surface area contributed by atoms with Crippen molar-refractivity contribution in [3.05, 3.63) is 18.0 Å². The molecule has 2 aliphatic rings. The maximum atomic E-state index is 5.79. The molecule has 4 heteroatoms. The second-order valence-electron chi connectivity index (χ2n) is 6.34. The van der Waals surface area contributed by atoms with Gasteiger partial charge in [0.05, 0.1) is 11.7 Å². The quantitative estimate of drug-likeness (QED) is 0.904. The van der Waals surface area contributed by atoms with Gasteiger partial charge in [-0.25, -0.2) is 0 Å². The lowest BCUT2D eigenvalue weighted by Gasteiger charge is -2.19. The van der Waals surface area contributed by atoms with Gasteiger partial charge in [0.15, 0.2) is 0 Å². The van der Waals surface area contributed by atoms with E-state index in [9.17, 15) is 0 Å². The van der Waals surface area contributed by atoms with E-state index < -0.39 is 0 Å². The molecule has 1 aromatic rings. The van der Waals surface area contributed by atoms with E-state index in [4.69, 9.17) is 10.8 Å². The Labute approximate surface area is 116 Å². The van der Waals surface area contributed by atoms with Crippen molar-refractivity contribution in [2.24, 2.45) is 11.7 Å². The molecule has 0 radical (unpaired) electrons. The number of hydrogen-bond acceptors (Lipinski definition) is 3. The first-order valence-corrected chi connectivity index (χ1v) is 7.74. The molecule has 1 aromatic heterocycles. The highest BCUT2D eigenvalue weighted by molar-refractivity contribution is 5.01. The van der Waals surface area contributed by atoms with Crippen molar-refractivity contribution in [3.63, 3.8) is 0 Å². The predicted molar refractivity (Wildman–Crippen MR) is 76.8 cm³/mol. The first-order valence-electron chi connectivity index (χ1n) is 7.74. The molecule has 2 N–H and O–H groups in total. The minimum atomic E-state index is 0.644. The first kappa shape index (κ1) is 13.1. The normalized spacial score (nSPS) is 29.4. The molecule has 1 saturated carbocycles. The van der Waals surface area contributed by atoms with Gasteiger partial charge in [-0.1, -0.05) is 12.8 Å². The highest BCUT2D eigenvalue weighted by Gasteiger charge is 2.28. The molecule has 1 aliphatic heterocycles. The fraction of sp³-hybridized carbons (Fsp3) is 0.800. The zero-order chi connectivity index (χ0) is 13.2. The van der Waals surface area contributed by atoms with E-state index in [1.807, 2.05) is 0 Å². The Bertz CT molecular complexity index is 408. The van der Waals surface area contributed by atoms with Gasteiger partial charge in [0.25, 0.3) is 0 Å². The zero-order valence-corrected chi connectivity index (χ0v) is 12.0. The third kappa shape index (κ3) is 2.84. The van der Waals surface area contributed by atoms with Crippen LogP contribution >= 0.6 is 0 Å². The van der Waals surface area contributed by atoms with Crippen LogP contribution in [-0.4, -0.2) is 33.8 Å². The number of nitrogens with zero attached hydrogens (tertiary/aromatic N) is 3. The second kappa shape index (κ2) is 5.63. The molecule has 0 amide bonds. The summed E-state index contributed by atoms with van der Waals surface area (Å²) in [6, 6.07) is 3.49. The van der Waals surface area contributed by atoms with Crippen molar-refractivity contribution in [2.45, 2.75) is 57.7 Å². The van der Waals surface area contributed by atoms with Crippen LogP contribution in [-0.2, 0) is 6.54 Å². The van der Waals surface area contributed by atoms with Crippen LogP contribution in [0.15, 0.2) is 12.3 Å². The third-order valence-corrected chi connectivity index (χ3v) is 4.85. The Morgan fingerprint density at radius 1 is 1.37 bits per heavy atom. The van der Waals surface area contributed by atoms with Gasteiger partial charge in [0.2, 0.25) is 0 Å². The average Bonchev–Trinajstić information content (AvgIpc) is 3.11. The van der Waals surface area contributed by atoms with E-state index in [0.29, 0.717) is 18.0 Å². The van der Waals surface area contributed by atoms with E-state index in [1.165, 1.54) is 37.8 Å². The molecule has 2 fully saturated rings. The lowest BCUT2D eigenvalue weighted by molar-refractivity contribution is 0.251. The Kier molecular flexibility index (Phi) is 3.89. The molecule has 0 bridgehead atoms. The number of nitrogens with two attached hydrogens (primary N) is 1. The van der Waals surface area contributed by atoms with E-state index in [0.717, 1.165) is 19.6 Å². The number of aromatic nitrogens is 2.